The van der Waals surface area contributed by atoms with E-state index in [9.17, 15) is 9.59 Å². The van der Waals surface area contributed by atoms with E-state index in [0.717, 1.165) is 21.9 Å². The van der Waals surface area contributed by atoms with Crippen molar-refractivity contribution in [1.29, 1.82) is 0 Å². The number of ether oxygens (including phenoxy) is 3. The Labute approximate surface area is 181 Å². The minimum absolute atomic E-state index is 0.0964. The van der Waals surface area contributed by atoms with E-state index in [4.69, 9.17) is 14.2 Å². The SMILES string of the molecule is COC(=O)C1C(COCc2ccccc2)OC(=O)N1C(C)c1cccc2ccccc12. The van der Waals surface area contributed by atoms with Gasteiger partial charge in [0.25, 0.3) is 0 Å². The summed E-state index contributed by atoms with van der Waals surface area (Å²) < 4.78 is 16.3. The van der Waals surface area contributed by atoms with Gasteiger partial charge in [-0.2, -0.15) is 0 Å². The molecule has 1 fully saturated rings. The van der Waals surface area contributed by atoms with Crippen LogP contribution in [-0.4, -0.2) is 42.8 Å². The van der Waals surface area contributed by atoms with Crippen LogP contribution in [0.2, 0.25) is 0 Å². The molecule has 6 nitrogen and oxygen atoms in total. The van der Waals surface area contributed by atoms with Gasteiger partial charge >= 0.3 is 12.1 Å². The molecule has 0 saturated carbocycles. The highest BCUT2D eigenvalue weighted by Crippen LogP contribution is 2.34. The molecule has 0 aromatic heterocycles. The van der Waals surface area contributed by atoms with Gasteiger partial charge in [0.1, 0.15) is 0 Å². The third kappa shape index (κ3) is 4.25. The van der Waals surface area contributed by atoms with E-state index in [0.29, 0.717) is 6.61 Å². The third-order valence-corrected chi connectivity index (χ3v) is 5.64. The first-order chi connectivity index (χ1) is 15.1. The molecule has 1 saturated heterocycles. The van der Waals surface area contributed by atoms with Crippen molar-refractivity contribution in [3.05, 3.63) is 83.9 Å². The zero-order valence-corrected chi connectivity index (χ0v) is 17.6. The summed E-state index contributed by atoms with van der Waals surface area (Å²) in [5.74, 6) is -0.522. The number of hydrogen-bond acceptors (Lipinski definition) is 5. The first kappa shape index (κ1) is 20.9. The fraction of sp³-hybridized carbons (Fsp3) is 0.280. The summed E-state index contributed by atoms with van der Waals surface area (Å²) in [6.07, 6.45) is -1.30. The largest absolute Gasteiger partial charge is 0.467 e. The highest BCUT2D eigenvalue weighted by atomic mass is 16.6. The lowest BCUT2D eigenvalue weighted by molar-refractivity contribution is -0.148. The average molecular weight is 419 g/mol. The highest BCUT2D eigenvalue weighted by Gasteiger charge is 2.49. The second-order valence-electron chi connectivity index (χ2n) is 7.54. The minimum atomic E-state index is -0.887. The Kier molecular flexibility index (Phi) is 6.18. The fourth-order valence-electron chi connectivity index (χ4n) is 4.09. The molecule has 1 aliphatic heterocycles. The molecule has 0 radical (unpaired) electrons. The third-order valence-electron chi connectivity index (χ3n) is 5.64. The number of benzene rings is 3. The molecular weight excluding hydrogens is 394 g/mol. The first-order valence-corrected chi connectivity index (χ1v) is 10.3. The van der Waals surface area contributed by atoms with Crippen LogP contribution in [-0.2, 0) is 25.6 Å². The number of carbonyl (C=O) groups is 2. The summed E-state index contributed by atoms with van der Waals surface area (Å²) in [5.41, 5.74) is 1.94. The number of carbonyl (C=O) groups excluding carboxylic acids is 2. The Morgan fingerprint density at radius 2 is 1.74 bits per heavy atom. The number of amides is 1. The normalized spacial score (nSPS) is 19.3. The molecule has 3 unspecified atom stereocenters. The van der Waals surface area contributed by atoms with Gasteiger partial charge in [0.2, 0.25) is 0 Å². The number of cyclic esters (lactones) is 1. The van der Waals surface area contributed by atoms with Gasteiger partial charge in [-0.25, -0.2) is 9.59 Å². The van der Waals surface area contributed by atoms with Crippen LogP contribution in [0.1, 0.15) is 24.1 Å². The van der Waals surface area contributed by atoms with E-state index in [-0.39, 0.29) is 12.6 Å². The van der Waals surface area contributed by atoms with E-state index in [1.165, 1.54) is 12.0 Å². The highest BCUT2D eigenvalue weighted by molar-refractivity contribution is 5.88. The number of rotatable bonds is 7. The van der Waals surface area contributed by atoms with E-state index in [1.807, 2.05) is 79.7 Å². The average Bonchev–Trinajstić information content (AvgIpc) is 3.14. The maximum Gasteiger partial charge on any atom is 0.411 e. The molecule has 0 bridgehead atoms. The van der Waals surface area contributed by atoms with Crippen LogP contribution in [0.15, 0.2) is 72.8 Å². The van der Waals surface area contributed by atoms with Crippen molar-refractivity contribution in [1.82, 2.24) is 4.90 Å². The molecule has 6 heteroatoms. The van der Waals surface area contributed by atoms with E-state index in [1.54, 1.807) is 0 Å². The predicted octanol–water partition coefficient (Wildman–Crippen LogP) is 4.48. The van der Waals surface area contributed by atoms with E-state index in [2.05, 4.69) is 0 Å². The maximum atomic E-state index is 12.8. The summed E-state index contributed by atoms with van der Waals surface area (Å²) in [7, 11) is 1.31. The number of fused-ring (bicyclic) bond motifs is 1. The Balaban J connectivity index is 1.57. The van der Waals surface area contributed by atoms with E-state index >= 15 is 0 Å². The zero-order chi connectivity index (χ0) is 21.8. The molecule has 3 aromatic rings. The van der Waals surface area contributed by atoms with E-state index < -0.39 is 24.2 Å². The fourth-order valence-corrected chi connectivity index (χ4v) is 4.09. The topological polar surface area (TPSA) is 65.1 Å². The van der Waals surface area contributed by atoms with Crippen molar-refractivity contribution in [2.24, 2.45) is 0 Å². The summed E-state index contributed by atoms with van der Waals surface area (Å²) in [5, 5.41) is 2.09. The lowest BCUT2D eigenvalue weighted by atomic mass is 9.97. The molecule has 31 heavy (non-hydrogen) atoms. The van der Waals surface area contributed by atoms with Crippen LogP contribution in [0.3, 0.4) is 0 Å². The molecule has 160 valence electrons. The van der Waals surface area contributed by atoms with Gasteiger partial charge in [-0.05, 0) is 28.8 Å². The van der Waals surface area contributed by atoms with Gasteiger partial charge in [-0.1, -0.05) is 72.8 Å². The van der Waals surface area contributed by atoms with Crippen LogP contribution < -0.4 is 0 Å². The van der Waals surface area contributed by atoms with Gasteiger partial charge in [0, 0.05) is 0 Å². The van der Waals surface area contributed by atoms with Crippen LogP contribution in [0, 0.1) is 0 Å². The standard InChI is InChI=1S/C25H25NO5/c1-17(20-14-8-12-19-11-6-7-13-21(19)20)26-23(24(27)29-2)22(31-25(26)28)16-30-15-18-9-4-3-5-10-18/h3-14,17,22-23H,15-16H2,1-2H3. The molecule has 1 aliphatic rings. The van der Waals surface area contributed by atoms with Gasteiger partial charge in [0.05, 0.1) is 26.4 Å². The maximum absolute atomic E-state index is 12.8. The molecule has 1 heterocycles. The molecule has 0 aliphatic carbocycles. The van der Waals surface area contributed by atoms with Crippen molar-refractivity contribution in [3.63, 3.8) is 0 Å². The van der Waals surface area contributed by atoms with Gasteiger partial charge in [-0.3, -0.25) is 4.90 Å². The summed E-state index contributed by atoms with van der Waals surface area (Å²) in [6, 6.07) is 22.3. The second kappa shape index (κ2) is 9.18. The summed E-state index contributed by atoms with van der Waals surface area (Å²) in [4.78, 5) is 27.0. The molecule has 3 aromatic carbocycles. The van der Waals surface area contributed by atoms with Crippen LogP contribution in [0.4, 0.5) is 4.79 Å². The lowest BCUT2D eigenvalue weighted by Crippen LogP contribution is -2.46. The number of nitrogens with zero attached hydrogens (tertiary/aromatic N) is 1. The quantitative estimate of drug-likeness (QED) is 0.529. The minimum Gasteiger partial charge on any atom is -0.467 e. The van der Waals surface area contributed by atoms with Gasteiger partial charge < -0.3 is 14.2 Å². The first-order valence-electron chi connectivity index (χ1n) is 10.3. The number of esters is 1. The van der Waals surface area contributed by atoms with Crippen LogP contribution >= 0.6 is 0 Å². The lowest BCUT2D eigenvalue weighted by Gasteiger charge is -2.29. The smallest absolute Gasteiger partial charge is 0.411 e. The Morgan fingerprint density at radius 1 is 1.03 bits per heavy atom. The van der Waals surface area contributed by atoms with Crippen LogP contribution in [0.25, 0.3) is 10.8 Å². The van der Waals surface area contributed by atoms with Gasteiger partial charge in [-0.15, -0.1) is 0 Å². The Morgan fingerprint density at radius 3 is 2.52 bits per heavy atom. The second-order valence-corrected chi connectivity index (χ2v) is 7.54. The zero-order valence-electron chi connectivity index (χ0n) is 17.6. The van der Waals surface area contributed by atoms with Crippen molar-refractivity contribution < 1.29 is 23.8 Å². The number of methoxy groups -OCH3 is 1. The van der Waals surface area contributed by atoms with Crippen LogP contribution in [0.5, 0.6) is 0 Å². The Bertz CT molecular complexity index is 1060. The summed E-state index contributed by atoms with van der Waals surface area (Å²) in [6.45, 7) is 2.35. The van der Waals surface area contributed by atoms with Gasteiger partial charge in [0.15, 0.2) is 12.1 Å². The molecule has 0 N–H and O–H groups in total. The molecule has 3 atom stereocenters. The Hall–Kier alpha value is -3.38. The van der Waals surface area contributed by atoms with Crippen molar-refractivity contribution >= 4 is 22.8 Å². The molecular formula is C25H25NO5. The monoisotopic (exact) mass is 419 g/mol. The van der Waals surface area contributed by atoms with Crippen molar-refractivity contribution in [3.8, 4) is 0 Å². The summed E-state index contributed by atoms with van der Waals surface area (Å²) >= 11 is 0. The van der Waals surface area contributed by atoms with Crippen molar-refractivity contribution in [2.45, 2.75) is 31.7 Å². The van der Waals surface area contributed by atoms with Crippen molar-refractivity contribution in [2.75, 3.05) is 13.7 Å². The molecule has 1 amide bonds. The molecule has 0 spiro atoms. The molecule has 4 rings (SSSR count). The predicted molar refractivity (Wildman–Crippen MR) is 116 cm³/mol. The number of hydrogen-bond donors (Lipinski definition) is 0.